The van der Waals surface area contributed by atoms with Gasteiger partial charge < -0.3 is 22.9 Å². The summed E-state index contributed by atoms with van der Waals surface area (Å²) in [6.07, 6.45) is 2.14. The molecule has 14 heavy (non-hydrogen) atoms. The summed E-state index contributed by atoms with van der Waals surface area (Å²) in [7, 11) is 0. The Kier molecular flexibility index (Phi) is 1.90. The molecule has 0 bridgehead atoms. The second-order valence-electron chi connectivity index (χ2n) is 4.05. The van der Waals surface area contributed by atoms with E-state index in [0.29, 0.717) is 17.3 Å². The molecule has 4 heteroatoms. The van der Waals surface area contributed by atoms with Gasteiger partial charge in [-0.05, 0) is 37.0 Å². The maximum absolute atomic E-state index is 6.06. The predicted molar refractivity (Wildman–Crippen MR) is 58.0 cm³/mol. The Bertz CT molecular complexity index is 355. The Labute approximate surface area is 83.2 Å². The third-order valence-electron chi connectivity index (χ3n) is 2.80. The molecule has 1 fully saturated rings. The average molecular weight is 192 g/mol. The van der Waals surface area contributed by atoms with Crippen LogP contribution < -0.4 is 22.9 Å². The van der Waals surface area contributed by atoms with Gasteiger partial charge in [-0.2, -0.15) is 0 Å². The zero-order chi connectivity index (χ0) is 10.3. The van der Waals surface area contributed by atoms with Gasteiger partial charge in [-0.25, -0.2) is 0 Å². The van der Waals surface area contributed by atoms with E-state index in [1.165, 1.54) is 0 Å². The maximum Gasteiger partial charge on any atom is 0.0949 e. The second-order valence-corrected chi connectivity index (χ2v) is 4.05. The van der Waals surface area contributed by atoms with Crippen molar-refractivity contribution in [2.24, 2.45) is 17.4 Å². The minimum atomic E-state index is -0.820. The average Bonchev–Trinajstić information content (AvgIpc) is 2.91. The lowest BCUT2D eigenvalue weighted by Crippen LogP contribution is -2.48. The van der Waals surface area contributed by atoms with Crippen LogP contribution in [-0.2, 0) is 5.66 Å². The van der Waals surface area contributed by atoms with Crippen LogP contribution in [0.2, 0.25) is 0 Å². The van der Waals surface area contributed by atoms with Crippen molar-refractivity contribution in [1.82, 2.24) is 0 Å². The summed E-state index contributed by atoms with van der Waals surface area (Å²) in [6, 6.07) is 5.27. The summed E-state index contributed by atoms with van der Waals surface area (Å²) in [5, 5.41) is 0. The SMILES string of the molecule is Nc1ccc(N)c(C(N)(N)C2CC2)c1. The standard InChI is InChI=1S/C10H16N4/c11-7-3-4-9(12)8(5-7)10(13,14)6-1-2-6/h3-6H,1-2,11-14H2. The van der Waals surface area contributed by atoms with E-state index in [9.17, 15) is 0 Å². The quantitative estimate of drug-likeness (QED) is 0.400. The molecule has 1 aliphatic rings. The van der Waals surface area contributed by atoms with Gasteiger partial charge in [0.1, 0.15) is 0 Å². The second kappa shape index (κ2) is 2.87. The van der Waals surface area contributed by atoms with Crippen molar-refractivity contribution in [3.05, 3.63) is 23.8 Å². The van der Waals surface area contributed by atoms with Crippen LogP contribution in [0.3, 0.4) is 0 Å². The van der Waals surface area contributed by atoms with Gasteiger partial charge in [0.05, 0.1) is 5.66 Å². The van der Waals surface area contributed by atoms with Crippen molar-refractivity contribution in [3.63, 3.8) is 0 Å². The normalized spacial score (nSPS) is 17.0. The van der Waals surface area contributed by atoms with Crippen molar-refractivity contribution in [3.8, 4) is 0 Å². The number of anilines is 2. The summed E-state index contributed by atoms with van der Waals surface area (Å²) >= 11 is 0. The van der Waals surface area contributed by atoms with Crippen LogP contribution in [0.25, 0.3) is 0 Å². The van der Waals surface area contributed by atoms with E-state index in [0.717, 1.165) is 18.4 Å². The third kappa shape index (κ3) is 1.42. The zero-order valence-electron chi connectivity index (χ0n) is 8.03. The van der Waals surface area contributed by atoms with Crippen LogP contribution in [0.15, 0.2) is 18.2 Å². The van der Waals surface area contributed by atoms with Crippen LogP contribution in [0.5, 0.6) is 0 Å². The van der Waals surface area contributed by atoms with Crippen LogP contribution in [0.1, 0.15) is 18.4 Å². The zero-order valence-corrected chi connectivity index (χ0v) is 8.03. The summed E-state index contributed by atoms with van der Waals surface area (Å²) in [5.74, 6) is 0.339. The van der Waals surface area contributed by atoms with E-state index in [-0.39, 0.29) is 0 Å². The van der Waals surface area contributed by atoms with E-state index in [2.05, 4.69) is 0 Å². The van der Waals surface area contributed by atoms with Crippen LogP contribution in [-0.4, -0.2) is 0 Å². The highest BCUT2D eigenvalue weighted by atomic mass is 15.0. The predicted octanol–water partition coefficient (Wildman–Crippen LogP) is 0.331. The number of hydrogen-bond donors (Lipinski definition) is 4. The summed E-state index contributed by atoms with van der Waals surface area (Å²) in [5.41, 5.74) is 24.8. The van der Waals surface area contributed by atoms with Crippen molar-refractivity contribution < 1.29 is 0 Å². The Balaban J connectivity index is 2.43. The Morgan fingerprint density at radius 2 is 1.79 bits per heavy atom. The molecule has 0 amide bonds. The molecule has 8 N–H and O–H groups in total. The van der Waals surface area contributed by atoms with Gasteiger partial charge >= 0.3 is 0 Å². The van der Waals surface area contributed by atoms with Crippen LogP contribution in [0, 0.1) is 5.92 Å². The lowest BCUT2D eigenvalue weighted by molar-refractivity contribution is 0.402. The molecule has 0 heterocycles. The lowest BCUT2D eigenvalue weighted by Gasteiger charge is -2.26. The van der Waals surface area contributed by atoms with Crippen molar-refractivity contribution in [2.45, 2.75) is 18.5 Å². The first-order valence-corrected chi connectivity index (χ1v) is 4.75. The number of nitrogens with two attached hydrogens (primary N) is 4. The van der Waals surface area contributed by atoms with E-state index in [1.54, 1.807) is 18.2 Å². The van der Waals surface area contributed by atoms with Gasteiger partial charge in [0, 0.05) is 16.9 Å². The van der Waals surface area contributed by atoms with E-state index in [1.807, 2.05) is 0 Å². The molecule has 1 aromatic rings. The van der Waals surface area contributed by atoms with Gasteiger partial charge in [-0.3, -0.25) is 0 Å². The van der Waals surface area contributed by atoms with Crippen molar-refractivity contribution in [1.29, 1.82) is 0 Å². The Morgan fingerprint density at radius 1 is 1.14 bits per heavy atom. The minimum absolute atomic E-state index is 0.339. The number of hydrogen-bond acceptors (Lipinski definition) is 4. The Hall–Kier alpha value is -1.26. The fourth-order valence-electron chi connectivity index (χ4n) is 1.73. The molecule has 76 valence electrons. The molecule has 0 aliphatic heterocycles. The number of benzene rings is 1. The molecular weight excluding hydrogens is 176 g/mol. The first-order valence-electron chi connectivity index (χ1n) is 4.75. The molecule has 1 saturated carbocycles. The lowest BCUT2D eigenvalue weighted by atomic mass is 9.94. The highest BCUT2D eigenvalue weighted by molar-refractivity contribution is 5.58. The minimum Gasteiger partial charge on any atom is -0.399 e. The van der Waals surface area contributed by atoms with Gasteiger partial charge in [-0.1, -0.05) is 0 Å². The van der Waals surface area contributed by atoms with Crippen LogP contribution >= 0.6 is 0 Å². The highest BCUT2D eigenvalue weighted by Gasteiger charge is 2.41. The molecular formula is C10H16N4. The molecule has 1 aromatic carbocycles. The summed E-state index contributed by atoms with van der Waals surface area (Å²) in [4.78, 5) is 0. The van der Waals surface area contributed by atoms with Gasteiger partial charge in [-0.15, -0.1) is 0 Å². The molecule has 0 atom stereocenters. The molecule has 1 aliphatic carbocycles. The smallest absolute Gasteiger partial charge is 0.0949 e. The molecule has 2 rings (SSSR count). The maximum atomic E-state index is 6.06. The van der Waals surface area contributed by atoms with Gasteiger partial charge in [0.2, 0.25) is 0 Å². The fourth-order valence-corrected chi connectivity index (χ4v) is 1.73. The van der Waals surface area contributed by atoms with Gasteiger partial charge in [0.25, 0.3) is 0 Å². The topological polar surface area (TPSA) is 104 Å². The van der Waals surface area contributed by atoms with Gasteiger partial charge in [0.15, 0.2) is 0 Å². The first kappa shape index (κ1) is 9.30. The fraction of sp³-hybridized carbons (Fsp3) is 0.400. The Morgan fingerprint density at radius 3 is 2.36 bits per heavy atom. The monoisotopic (exact) mass is 192 g/mol. The molecule has 0 saturated heterocycles. The number of nitrogen functional groups attached to an aromatic ring is 2. The molecule has 0 radical (unpaired) electrons. The van der Waals surface area contributed by atoms with E-state index in [4.69, 9.17) is 22.9 Å². The first-order chi connectivity index (χ1) is 6.51. The summed E-state index contributed by atoms with van der Waals surface area (Å²) in [6.45, 7) is 0. The molecule has 0 spiro atoms. The van der Waals surface area contributed by atoms with E-state index >= 15 is 0 Å². The molecule has 0 unspecified atom stereocenters. The largest absolute Gasteiger partial charge is 0.399 e. The summed E-state index contributed by atoms with van der Waals surface area (Å²) < 4.78 is 0. The molecule has 4 nitrogen and oxygen atoms in total. The van der Waals surface area contributed by atoms with E-state index < -0.39 is 5.66 Å². The molecule has 0 aromatic heterocycles. The third-order valence-corrected chi connectivity index (χ3v) is 2.80. The van der Waals surface area contributed by atoms with Crippen molar-refractivity contribution >= 4 is 11.4 Å². The van der Waals surface area contributed by atoms with Crippen molar-refractivity contribution in [2.75, 3.05) is 11.5 Å². The van der Waals surface area contributed by atoms with Crippen LogP contribution in [0.4, 0.5) is 11.4 Å². The highest BCUT2D eigenvalue weighted by Crippen LogP contribution is 2.42. The number of rotatable bonds is 2.